The lowest BCUT2D eigenvalue weighted by molar-refractivity contribution is -0.115. The summed E-state index contributed by atoms with van der Waals surface area (Å²) < 4.78 is 0. The van der Waals surface area contributed by atoms with E-state index in [0.717, 1.165) is 10.9 Å². The van der Waals surface area contributed by atoms with Gasteiger partial charge < -0.3 is 15.6 Å². The van der Waals surface area contributed by atoms with Crippen LogP contribution >= 0.6 is 11.6 Å². The van der Waals surface area contributed by atoms with Gasteiger partial charge in [0.15, 0.2) is 0 Å². The summed E-state index contributed by atoms with van der Waals surface area (Å²) in [4.78, 5) is 30.0. The molecule has 0 aliphatic rings. The molecule has 1 amide bonds. The van der Waals surface area contributed by atoms with Gasteiger partial charge in [0, 0.05) is 31.2 Å². The van der Waals surface area contributed by atoms with Gasteiger partial charge in [-0.3, -0.25) is 14.6 Å². The summed E-state index contributed by atoms with van der Waals surface area (Å²) in [7, 11) is 0. The second-order valence-electron chi connectivity index (χ2n) is 5.27. The van der Waals surface area contributed by atoms with Crippen LogP contribution in [0.5, 0.6) is 0 Å². The van der Waals surface area contributed by atoms with Crippen LogP contribution in [-0.2, 0) is 11.3 Å². The highest BCUT2D eigenvalue weighted by Crippen LogP contribution is 2.27. The monoisotopic (exact) mass is 342 g/mol. The number of pyridine rings is 2. The Hall–Kier alpha value is -2.70. The number of hydrogen-bond acceptors (Lipinski definition) is 4. The first-order valence-electron chi connectivity index (χ1n) is 7.33. The SMILES string of the molecule is O=C(CNCc1cccnc1)Nc1cc2cc(=O)[nH]cc2cc1Cl. The van der Waals surface area contributed by atoms with E-state index in [0.29, 0.717) is 22.6 Å². The Balaban J connectivity index is 1.64. The zero-order valence-corrected chi connectivity index (χ0v) is 13.4. The number of benzene rings is 1. The van der Waals surface area contributed by atoms with Crippen molar-refractivity contribution >= 4 is 34.0 Å². The van der Waals surface area contributed by atoms with E-state index in [9.17, 15) is 9.59 Å². The van der Waals surface area contributed by atoms with Gasteiger partial charge >= 0.3 is 0 Å². The first-order valence-corrected chi connectivity index (χ1v) is 7.71. The molecule has 0 fully saturated rings. The first-order chi connectivity index (χ1) is 11.6. The molecule has 122 valence electrons. The normalized spacial score (nSPS) is 10.7. The molecule has 2 aromatic heterocycles. The quantitative estimate of drug-likeness (QED) is 0.664. The number of aromatic nitrogens is 2. The molecular weight excluding hydrogens is 328 g/mol. The number of amides is 1. The third-order valence-corrected chi connectivity index (χ3v) is 3.75. The molecule has 6 nitrogen and oxygen atoms in total. The molecule has 0 saturated carbocycles. The number of H-pyrrole nitrogens is 1. The van der Waals surface area contributed by atoms with Crippen molar-refractivity contribution in [2.24, 2.45) is 0 Å². The highest BCUT2D eigenvalue weighted by Gasteiger charge is 2.08. The number of fused-ring (bicyclic) bond motifs is 1. The van der Waals surface area contributed by atoms with Gasteiger partial charge in [0.2, 0.25) is 11.5 Å². The Morgan fingerprint density at radius 2 is 2.12 bits per heavy atom. The third-order valence-electron chi connectivity index (χ3n) is 3.44. The van der Waals surface area contributed by atoms with Crippen molar-refractivity contribution in [3.63, 3.8) is 0 Å². The van der Waals surface area contributed by atoms with Crippen LogP contribution in [0.2, 0.25) is 5.02 Å². The Morgan fingerprint density at radius 1 is 1.25 bits per heavy atom. The molecule has 0 unspecified atom stereocenters. The molecule has 7 heteroatoms. The molecular formula is C17H15ClN4O2. The van der Waals surface area contributed by atoms with Crippen molar-refractivity contribution in [2.75, 3.05) is 11.9 Å². The molecule has 2 heterocycles. The lowest BCUT2D eigenvalue weighted by atomic mass is 10.1. The number of hydrogen-bond donors (Lipinski definition) is 3. The fourth-order valence-corrected chi connectivity index (χ4v) is 2.52. The standard InChI is InChI=1S/C17H15ClN4O2/c18-14-4-13-9-21-16(23)6-12(13)5-15(14)22-17(24)10-20-8-11-2-1-3-19-7-11/h1-7,9,20H,8,10H2,(H,21,23)(H,22,24). The molecule has 0 bridgehead atoms. The van der Waals surface area contributed by atoms with E-state index in [4.69, 9.17) is 11.6 Å². The number of carbonyl (C=O) groups is 1. The summed E-state index contributed by atoms with van der Waals surface area (Å²) in [5.74, 6) is -0.218. The molecule has 0 spiro atoms. The number of carbonyl (C=O) groups excluding carboxylic acids is 1. The summed E-state index contributed by atoms with van der Waals surface area (Å²) >= 11 is 6.18. The molecule has 3 aromatic rings. The smallest absolute Gasteiger partial charge is 0.248 e. The summed E-state index contributed by atoms with van der Waals surface area (Å²) in [6.07, 6.45) is 5.02. The Kier molecular flexibility index (Phi) is 4.88. The number of anilines is 1. The highest BCUT2D eigenvalue weighted by atomic mass is 35.5. The molecule has 3 N–H and O–H groups in total. The van der Waals surface area contributed by atoms with Crippen LogP contribution < -0.4 is 16.2 Å². The number of nitrogens with zero attached hydrogens (tertiary/aromatic N) is 1. The molecule has 0 atom stereocenters. The van der Waals surface area contributed by atoms with Crippen LogP contribution in [0.4, 0.5) is 5.69 Å². The van der Waals surface area contributed by atoms with Crippen LogP contribution in [0.25, 0.3) is 10.8 Å². The van der Waals surface area contributed by atoms with Gasteiger partial charge in [-0.25, -0.2) is 0 Å². The summed E-state index contributed by atoms with van der Waals surface area (Å²) in [6, 6.07) is 8.61. The lowest BCUT2D eigenvalue weighted by Gasteiger charge is -2.09. The molecule has 0 saturated heterocycles. The average molecular weight is 343 g/mol. The Morgan fingerprint density at radius 3 is 2.92 bits per heavy atom. The summed E-state index contributed by atoms with van der Waals surface area (Å²) in [5.41, 5.74) is 1.26. The molecule has 0 radical (unpaired) electrons. The van der Waals surface area contributed by atoms with Crippen molar-refractivity contribution in [3.05, 3.63) is 69.9 Å². The minimum absolute atomic E-state index is 0.138. The van der Waals surface area contributed by atoms with E-state index >= 15 is 0 Å². The zero-order chi connectivity index (χ0) is 16.9. The van der Waals surface area contributed by atoms with Gasteiger partial charge in [-0.1, -0.05) is 17.7 Å². The molecule has 24 heavy (non-hydrogen) atoms. The van der Waals surface area contributed by atoms with Crippen molar-refractivity contribution in [1.29, 1.82) is 0 Å². The summed E-state index contributed by atoms with van der Waals surface area (Å²) in [5, 5.41) is 7.70. The maximum absolute atomic E-state index is 12.0. The lowest BCUT2D eigenvalue weighted by Crippen LogP contribution is -2.27. The number of aromatic amines is 1. The van der Waals surface area contributed by atoms with E-state index in [1.807, 2.05) is 12.1 Å². The van der Waals surface area contributed by atoms with Crippen LogP contribution in [0.1, 0.15) is 5.56 Å². The topological polar surface area (TPSA) is 86.9 Å². The molecule has 3 rings (SSSR count). The fourth-order valence-electron chi connectivity index (χ4n) is 2.30. The third kappa shape index (κ3) is 3.98. The average Bonchev–Trinajstić information content (AvgIpc) is 2.57. The Bertz CT molecular complexity index is 925. The van der Waals surface area contributed by atoms with Crippen LogP contribution in [0.3, 0.4) is 0 Å². The number of halogens is 1. The van der Waals surface area contributed by atoms with E-state index in [2.05, 4.69) is 20.6 Å². The number of nitrogens with one attached hydrogen (secondary N) is 3. The van der Waals surface area contributed by atoms with Gasteiger partial charge in [0.1, 0.15) is 0 Å². The van der Waals surface area contributed by atoms with Crippen LogP contribution in [-0.4, -0.2) is 22.4 Å². The van der Waals surface area contributed by atoms with E-state index in [1.54, 1.807) is 30.7 Å². The summed E-state index contributed by atoms with van der Waals surface area (Å²) in [6.45, 7) is 0.681. The second-order valence-corrected chi connectivity index (χ2v) is 5.68. The minimum Gasteiger partial charge on any atom is -0.328 e. The molecule has 0 aliphatic carbocycles. The van der Waals surface area contributed by atoms with Gasteiger partial charge in [-0.05, 0) is 34.5 Å². The van der Waals surface area contributed by atoms with Gasteiger partial charge in [-0.15, -0.1) is 0 Å². The minimum atomic E-state index is -0.218. The highest BCUT2D eigenvalue weighted by molar-refractivity contribution is 6.34. The largest absolute Gasteiger partial charge is 0.328 e. The van der Waals surface area contributed by atoms with Crippen LogP contribution in [0, 0.1) is 0 Å². The molecule has 0 aliphatic heterocycles. The predicted octanol–water partition coefficient (Wildman–Crippen LogP) is 2.30. The van der Waals surface area contributed by atoms with E-state index in [-0.39, 0.29) is 18.0 Å². The van der Waals surface area contributed by atoms with E-state index in [1.165, 1.54) is 6.07 Å². The fraction of sp³-hybridized carbons (Fsp3) is 0.118. The van der Waals surface area contributed by atoms with Gasteiger partial charge in [-0.2, -0.15) is 0 Å². The van der Waals surface area contributed by atoms with Crippen molar-refractivity contribution in [1.82, 2.24) is 15.3 Å². The predicted molar refractivity (Wildman–Crippen MR) is 94.2 cm³/mol. The van der Waals surface area contributed by atoms with Crippen LogP contribution in [0.15, 0.2) is 53.7 Å². The Labute approximate surface area is 142 Å². The first kappa shape index (κ1) is 16.2. The zero-order valence-electron chi connectivity index (χ0n) is 12.7. The van der Waals surface area contributed by atoms with Crippen molar-refractivity contribution < 1.29 is 4.79 Å². The van der Waals surface area contributed by atoms with E-state index < -0.39 is 0 Å². The van der Waals surface area contributed by atoms with Crippen molar-refractivity contribution in [2.45, 2.75) is 6.54 Å². The maximum atomic E-state index is 12.0. The maximum Gasteiger partial charge on any atom is 0.248 e. The van der Waals surface area contributed by atoms with Gasteiger partial charge in [0.05, 0.1) is 17.3 Å². The van der Waals surface area contributed by atoms with Crippen molar-refractivity contribution in [3.8, 4) is 0 Å². The molecule has 1 aromatic carbocycles. The van der Waals surface area contributed by atoms with Gasteiger partial charge in [0.25, 0.3) is 0 Å². The second kappa shape index (κ2) is 7.25. The number of rotatable bonds is 5.